The van der Waals surface area contributed by atoms with Crippen LogP contribution in [0.4, 0.5) is 0 Å². The van der Waals surface area contributed by atoms with Crippen molar-refractivity contribution in [2.75, 3.05) is 27.2 Å². The fourth-order valence-electron chi connectivity index (χ4n) is 5.20. The molecule has 5 atom stereocenters. The van der Waals surface area contributed by atoms with E-state index in [1.165, 1.54) is 37.4 Å². The second-order valence-electron chi connectivity index (χ2n) is 9.93. The minimum absolute atomic E-state index is 0.0426. The Morgan fingerprint density at radius 1 is 0.744 bits per heavy atom. The molecule has 4 rings (SSSR count). The fraction of sp³-hybridized carbons (Fsp3) is 0.562. The van der Waals surface area contributed by atoms with E-state index in [9.17, 15) is 14.7 Å². The molecule has 3 unspecified atom stereocenters. The summed E-state index contributed by atoms with van der Waals surface area (Å²) >= 11 is 2.86. The van der Waals surface area contributed by atoms with Gasteiger partial charge < -0.3 is 15.7 Å². The molecule has 0 saturated heterocycles. The third kappa shape index (κ3) is 11.4. The van der Waals surface area contributed by atoms with Gasteiger partial charge in [0.25, 0.3) is 0 Å². The Morgan fingerprint density at radius 2 is 1.26 bits per heavy atom. The second kappa shape index (κ2) is 19.4. The number of hydrogen-bond acceptors (Lipinski definition) is 7. The van der Waals surface area contributed by atoms with Crippen LogP contribution in [0.2, 0.25) is 0 Å². The average Bonchev–Trinajstić information content (AvgIpc) is 3.58. The summed E-state index contributed by atoms with van der Waals surface area (Å²) in [5, 5.41) is 17.3. The lowest BCUT2D eigenvalue weighted by atomic mass is 10.0. The normalized spacial score (nSPS) is 23.8. The minimum atomic E-state index is -0.348. The monoisotopic (exact) mass is 572 g/mol. The van der Waals surface area contributed by atoms with Crippen molar-refractivity contribution in [2.45, 2.75) is 75.4 Å². The van der Waals surface area contributed by atoms with Gasteiger partial charge in [-0.1, -0.05) is 104 Å². The first-order chi connectivity index (χ1) is 19.0. The summed E-state index contributed by atoms with van der Waals surface area (Å²) in [5.41, 5.74) is 1.56. The standard InChI is InChI=1S/C15H21NO2S.C15H21NOS.C2H6/c1-16-10-9-11-7-8-13(17)14(11)19-15(18)12-5-3-2-4-6-12;1-16-11-10-12-8-5-9-14(12)18-15(17)13-6-3-2-4-7-13;1-2/h2-6,11,13-14,16-17H,7-10H2,1H3;2-4,6-7,12,14,16H,5,8-11H2,1H3;1-2H3/t11?,13?,14-;12-,14?;/m10./s1. The van der Waals surface area contributed by atoms with E-state index < -0.39 is 0 Å². The van der Waals surface area contributed by atoms with E-state index in [2.05, 4.69) is 10.6 Å². The summed E-state index contributed by atoms with van der Waals surface area (Å²) in [6.07, 6.45) is 7.44. The van der Waals surface area contributed by atoms with Gasteiger partial charge in [0.05, 0.1) is 6.10 Å². The molecule has 0 heterocycles. The van der Waals surface area contributed by atoms with Crippen molar-refractivity contribution in [3.05, 3.63) is 71.8 Å². The summed E-state index contributed by atoms with van der Waals surface area (Å²) in [6, 6.07) is 18.9. The molecule has 0 amide bonds. The van der Waals surface area contributed by atoms with E-state index in [1.54, 1.807) is 11.8 Å². The predicted molar refractivity (Wildman–Crippen MR) is 169 cm³/mol. The Hall–Kier alpha value is -1.64. The first-order valence-electron chi connectivity index (χ1n) is 14.5. The number of rotatable bonds is 10. The van der Waals surface area contributed by atoms with E-state index in [0.29, 0.717) is 17.1 Å². The van der Waals surface area contributed by atoms with Crippen LogP contribution >= 0.6 is 23.5 Å². The lowest BCUT2D eigenvalue weighted by Gasteiger charge is -2.20. The van der Waals surface area contributed by atoms with Gasteiger partial charge in [-0.25, -0.2) is 0 Å². The van der Waals surface area contributed by atoms with Crippen LogP contribution in [-0.2, 0) is 0 Å². The van der Waals surface area contributed by atoms with Crippen LogP contribution in [0.25, 0.3) is 0 Å². The third-order valence-electron chi connectivity index (χ3n) is 7.32. The van der Waals surface area contributed by atoms with Gasteiger partial charge in [-0.05, 0) is 77.5 Å². The van der Waals surface area contributed by atoms with Crippen molar-refractivity contribution >= 4 is 33.8 Å². The lowest BCUT2D eigenvalue weighted by Crippen LogP contribution is -2.26. The molecule has 39 heavy (non-hydrogen) atoms. The van der Waals surface area contributed by atoms with Crippen LogP contribution < -0.4 is 10.6 Å². The van der Waals surface area contributed by atoms with Gasteiger partial charge in [0.2, 0.25) is 10.2 Å². The summed E-state index contributed by atoms with van der Waals surface area (Å²) in [4.78, 5) is 24.4. The first-order valence-corrected chi connectivity index (χ1v) is 16.3. The van der Waals surface area contributed by atoms with E-state index >= 15 is 0 Å². The van der Waals surface area contributed by atoms with Crippen molar-refractivity contribution in [3.8, 4) is 0 Å². The van der Waals surface area contributed by atoms with Gasteiger partial charge in [0.1, 0.15) is 0 Å². The zero-order chi connectivity index (χ0) is 28.5. The highest BCUT2D eigenvalue weighted by Crippen LogP contribution is 2.39. The number of hydrogen-bond donors (Lipinski definition) is 3. The van der Waals surface area contributed by atoms with Crippen molar-refractivity contribution in [2.24, 2.45) is 11.8 Å². The molecule has 2 saturated carbocycles. The van der Waals surface area contributed by atoms with Crippen LogP contribution in [-0.4, -0.2) is 59.1 Å². The Bertz CT molecular complexity index is 945. The molecular formula is C32H48N2O3S2. The molecule has 2 aromatic carbocycles. The van der Waals surface area contributed by atoms with Crippen molar-refractivity contribution in [3.63, 3.8) is 0 Å². The molecule has 2 fully saturated rings. The third-order valence-corrected chi connectivity index (χ3v) is 10.1. The first kappa shape index (κ1) is 33.6. The molecule has 0 aromatic heterocycles. The Labute approximate surface area is 244 Å². The van der Waals surface area contributed by atoms with Crippen LogP contribution in [0, 0.1) is 11.8 Å². The molecule has 3 N–H and O–H groups in total. The Kier molecular flexibility index (Phi) is 16.7. The maximum absolute atomic E-state index is 12.2. The summed E-state index contributed by atoms with van der Waals surface area (Å²) in [6.45, 7) is 6.00. The molecule has 2 aliphatic carbocycles. The van der Waals surface area contributed by atoms with Gasteiger partial charge in [-0.3, -0.25) is 9.59 Å². The number of carbonyl (C=O) groups is 2. The molecule has 216 valence electrons. The number of benzene rings is 2. The smallest absolute Gasteiger partial charge is 0.219 e. The molecule has 7 heteroatoms. The Morgan fingerprint density at radius 3 is 1.79 bits per heavy atom. The highest BCUT2D eigenvalue weighted by Gasteiger charge is 2.36. The summed E-state index contributed by atoms with van der Waals surface area (Å²) in [7, 11) is 3.93. The summed E-state index contributed by atoms with van der Waals surface area (Å²) < 4.78 is 0. The zero-order valence-electron chi connectivity index (χ0n) is 24.1. The van der Waals surface area contributed by atoms with Crippen LogP contribution in [0.3, 0.4) is 0 Å². The molecule has 2 aliphatic rings. The number of aliphatic hydroxyl groups excluding tert-OH is 1. The maximum atomic E-state index is 12.2. The minimum Gasteiger partial charge on any atom is -0.392 e. The van der Waals surface area contributed by atoms with E-state index in [1.807, 2.05) is 88.6 Å². The predicted octanol–water partition coefficient (Wildman–Crippen LogP) is 6.67. The summed E-state index contributed by atoms with van der Waals surface area (Å²) in [5.74, 6) is 1.13. The molecule has 0 spiro atoms. The van der Waals surface area contributed by atoms with Crippen LogP contribution in [0.5, 0.6) is 0 Å². The van der Waals surface area contributed by atoms with Gasteiger partial charge >= 0.3 is 0 Å². The molecule has 0 radical (unpaired) electrons. The van der Waals surface area contributed by atoms with Crippen molar-refractivity contribution in [1.29, 1.82) is 0 Å². The highest BCUT2D eigenvalue weighted by molar-refractivity contribution is 8.15. The highest BCUT2D eigenvalue weighted by atomic mass is 32.2. The molecule has 0 aliphatic heterocycles. The topological polar surface area (TPSA) is 78.4 Å². The Balaban J connectivity index is 0.000000258. The maximum Gasteiger partial charge on any atom is 0.219 e. The van der Waals surface area contributed by atoms with Crippen molar-refractivity contribution in [1.82, 2.24) is 10.6 Å². The lowest BCUT2D eigenvalue weighted by molar-refractivity contribution is 0.107. The van der Waals surface area contributed by atoms with Gasteiger partial charge in [-0.15, -0.1) is 0 Å². The average molecular weight is 573 g/mol. The molecular weight excluding hydrogens is 524 g/mol. The number of carbonyl (C=O) groups excluding carboxylic acids is 2. The molecule has 0 bridgehead atoms. The van der Waals surface area contributed by atoms with Crippen molar-refractivity contribution < 1.29 is 14.7 Å². The van der Waals surface area contributed by atoms with E-state index in [0.717, 1.165) is 43.5 Å². The van der Waals surface area contributed by atoms with Crippen LogP contribution in [0.1, 0.15) is 79.5 Å². The van der Waals surface area contributed by atoms with Gasteiger partial charge in [0, 0.05) is 21.6 Å². The quantitative estimate of drug-likeness (QED) is 0.293. The molecule has 5 nitrogen and oxygen atoms in total. The molecule has 2 aromatic rings. The van der Waals surface area contributed by atoms with E-state index in [-0.39, 0.29) is 21.6 Å². The fourth-order valence-corrected chi connectivity index (χ4v) is 7.78. The zero-order valence-corrected chi connectivity index (χ0v) is 25.7. The van der Waals surface area contributed by atoms with Crippen LogP contribution in [0.15, 0.2) is 60.7 Å². The number of aliphatic hydroxyl groups is 1. The largest absolute Gasteiger partial charge is 0.392 e. The SMILES string of the molecule is CC.CNCCC1CCC(O)[C@@H]1SC(=O)c1ccccc1.CNCC[C@@H]1CCCC1SC(=O)c1ccccc1. The number of thioether (sulfide) groups is 2. The van der Waals surface area contributed by atoms with Gasteiger partial charge in [-0.2, -0.15) is 0 Å². The second-order valence-corrected chi connectivity index (χ2v) is 12.3. The van der Waals surface area contributed by atoms with E-state index in [4.69, 9.17) is 0 Å². The van der Waals surface area contributed by atoms with Gasteiger partial charge in [0.15, 0.2) is 0 Å². The number of nitrogens with one attached hydrogen (secondary N) is 2.